The minimum Gasteiger partial charge on any atom is -0.325 e. The van der Waals surface area contributed by atoms with Crippen molar-refractivity contribution in [2.75, 3.05) is 12.8 Å². The molecule has 1 aliphatic carbocycles. The molecule has 3 N–H and O–H groups in total. The van der Waals surface area contributed by atoms with Crippen LogP contribution in [0.2, 0.25) is 0 Å². The van der Waals surface area contributed by atoms with Gasteiger partial charge in [-0.15, -0.1) is 0 Å². The molecule has 0 amide bonds. The quantitative estimate of drug-likeness (QED) is 0.786. The molecule has 1 fully saturated rings. The van der Waals surface area contributed by atoms with Gasteiger partial charge in [-0.3, -0.25) is 0 Å². The normalized spacial score (nSPS) is 18.3. The molecule has 0 aliphatic heterocycles. The zero-order chi connectivity index (χ0) is 14.6. The number of hydrogen-bond donors (Lipinski definition) is 2. The van der Waals surface area contributed by atoms with E-state index in [0.29, 0.717) is 4.90 Å². The fourth-order valence-corrected chi connectivity index (χ4v) is 3.38. The lowest BCUT2D eigenvalue weighted by molar-refractivity contribution is 0.393. The van der Waals surface area contributed by atoms with Crippen molar-refractivity contribution >= 4 is 9.84 Å². The number of nitrogens with two attached hydrogens (primary N) is 1. The fourth-order valence-electron chi connectivity index (χ4n) is 2.75. The predicted octanol–water partition coefficient (Wildman–Crippen LogP) is 1.84. The van der Waals surface area contributed by atoms with E-state index in [1.807, 2.05) is 12.1 Å². The second kappa shape index (κ2) is 6.24. The molecule has 2 rings (SSSR count). The summed E-state index contributed by atoms with van der Waals surface area (Å²) in [7, 11) is -3.10. The van der Waals surface area contributed by atoms with Crippen LogP contribution in [-0.2, 0) is 16.4 Å². The third kappa shape index (κ3) is 4.30. The van der Waals surface area contributed by atoms with Crippen molar-refractivity contribution in [1.29, 1.82) is 0 Å². The molecular formula is C15H24N2O2S. The van der Waals surface area contributed by atoms with Gasteiger partial charge in [0.25, 0.3) is 0 Å². The van der Waals surface area contributed by atoms with Crippen molar-refractivity contribution in [2.24, 2.45) is 5.73 Å². The van der Waals surface area contributed by atoms with Crippen molar-refractivity contribution in [2.45, 2.75) is 49.1 Å². The predicted molar refractivity (Wildman–Crippen MR) is 81.3 cm³/mol. The second-order valence-corrected chi connectivity index (χ2v) is 7.93. The molecular weight excluding hydrogens is 272 g/mol. The first-order chi connectivity index (χ1) is 9.39. The smallest absolute Gasteiger partial charge is 0.175 e. The van der Waals surface area contributed by atoms with Crippen LogP contribution in [0.4, 0.5) is 0 Å². The molecule has 0 spiro atoms. The maximum Gasteiger partial charge on any atom is 0.175 e. The summed E-state index contributed by atoms with van der Waals surface area (Å²) in [6, 6.07) is 7.04. The van der Waals surface area contributed by atoms with Crippen LogP contribution in [0.25, 0.3) is 0 Å². The van der Waals surface area contributed by atoms with Crippen LogP contribution >= 0.6 is 0 Å². The van der Waals surface area contributed by atoms with E-state index in [2.05, 4.69) is 5.32 Å². The number of hydrogen-bond acceptors (Lipinski definition) is 4. The highest BCUT2D eigenvalue weighted by atomic mass is 32.2. The summed E-state index contributed by atoms with van der Waals surface area (Å²) in [5, 5.41) is 3.38. The molecule has 0 heterocycles. The van der Waals surface area contributed by atoms with E-state index in [1.165, 1.54) is 19.1 Å². The van der Waals surface area contributed by atoms with Gasteiger partial charge in [-0.05, 0) is 43.5 Å². The molecule has 1 aliphatic rings. The number of nitrogens with one attached hydrogen (secondary N) is 1. The molecule has 0 atom stereocenters. The molecule has 20 heavy (non-hydrogen) atoms. The van der Waals surface area contributed by atoms with E-state index >= 15 is 0 Å². The summed E-state index contributed by atoms with van der Waals surface area (Å²) in [6.07, 6.45) is 7.01. The van der Waals surface area contributed by atoms with E-state index in [9.17, 15) is 8.42 Å². The zero-order valence-electron chi connectivity index (χ0n) is 12.1. The van der Waals surface area contributed by atoms with Crippen molar-refractivity contribution < 1.29 is 8.42 Å². The Hall–Kier alpha value is -0.910. The molecule has 112 valence electrons. The minimum absolute atomic E-state index is 0.0349. The Morgan fingerprint density at radius 1 is 1.20 bits per heavy atom. The summed E-state index contributed by atoms with van der Waals surface area (Å²) < 4.78 is 22.7. The minimum atomic E-state index is -3.10. The largest absolute Gasteiger partial charge is 0.325 e. The van der Waals surface area contributed by atoms with E-state index in [1.54, 1.807) is 12.1 Å². The topological polar surface area (TPSA) is 72.2 Å². The average Bonchev–Trinajstić information content (AvgIpc) is 2.82. The highest BCUT2D eigenvalue weighted by molar-refractivity contribution is 7.90. The lowest BCUT2D eigenvalue weighted by Crippen LogP contribution is -2.39. The summed E-state index contributed by atoms with van der Waals surface area (Å²) in [4.78, 5) is 0.369. The van der Waals surface area contributed by atoms with E-state index in [4.69, 9.17) is 5.73 Å². The highest BCUT2D eigenvalue weighted by Gasteiger charge is 2.28. The van der Waals surface area contributed by atoms with Gasteiger partial charge in [-0.25, -0.2) is 8.42 Å². The van der Waals surface area contributed by atoms with Gasteiger partial charge in [0.2, 0.25) is 0 Å². The first-order valence-electron chi connectivity index (χ1n) is 7.18. The Kier molecular flexibility index (Phi) is 4.83. The van der Waals surface area contributed by atoms with Gasteiger partial charge >= 0.3 is 0 Å². The Labute approximate surface area is 121 Å². The SMILES string of the molecule is CS(=O)(=O)c1ccc(CNCCC2(N)CCCC2)cc1. The van der Waals surface area contributed by atoms with Gasteiger partial charge in [-0.2, -0.15) is 0 Å². The first kappa shape index (κ1) is 15.5. The van der Waals surface area contributed by atoms with Crippen molar-refractivity contribution in [3.05, 3.63) is 29.8 Å². The standard InChI is InChI=1S/C15H24N2O2S/c1-20(18,19)14-6-4-13(5-7-14)12-17-11-10-15(16)8-2-3-9-15/h4-7,17H,2-3,8-12,16H2,1H3. The van der Waals surface area contributed by atoms with Crippen molar-refractivity contribution in [3.8, 4) is 0 Å². The summed E-state index contributed by atoms with van der Waals surface area (Å²) in [6.45, 7) is 1.66. The molecule has 0 unspecified atom stereocenters. The number of sulfone groups is 1. The fraction of sp³-hybridized carbons (Fsp3) is 0.600. The number of benzene rings is 1. The van der Waals surface area contributed by atoms with Crippen LogP contribution < -0.4 is 11.1 Å². The second-order valence-electron chi connectivity index (χ2n) is 5.91. The molecule has 1 aromatic rings. The lowest BCUT2D eigenvalue weighted by atomic mass is 9.95. The third-order valence-electron chi connectivity index (χ3n) is 4.08. The van der Waals surface area contributed by atoms with Gasteiger partial charge in [0.1, 0.15) is 0 Å². The maximum atomic E-state index is 11.4. The molecule has 0 aromatic heterocycles. The molecule has 4 nitrogen and oxygen atoms in total. The summed E-state index contributed by atoms with van der Waals surface area (Å²) >= 11 is 0. The highest BCUT2D eigenvalue weighted by Crippen LogP contribution is 2.29. The molecule has 5 heteroatoms. The van der Waals surface area contributed by atoms with Gasteiger partial charge in [-0.1, -0.05) is 25.0 Å². The van der Waals surface area contributed by atoms with Gasteiger partial charge in [0.15, 0.2) is 9.84 Å². The molecule has 0 bridgehead atoms. The third-order valence-corrected chi connectivity index (χ3v) is 5.21. The summed E-state index contributed by atoms with van der Waals surface area (Å²) in [5.74, 6) is 0. The molecule has 1 aromatic carbocycles. The van der Waals surface area contributed by atoms with Crippen LogP contribution in [-0.4, -0.2) is 26.8 Å². The lowest BCUT2D eigenvalue weighted by Gasteiger charge is -2.23. The van der Waals surface area contributed by atoms with Gasteiger partial charge in [0.05, 0.1) is 4.90 Å². The van der Waals surface area contributed by atoms with E-state index < -0.39 is 9.84 Å². The molecule has 1 saturated carbocycles. The summed E-state index contributed by atoms with van der Waals surface area (Å²) in [5.41, 5.74) is 7.43. The van der Waals surface area contributed by atoms with Gasteiger partial charge < -0.3 is 11.1 Å². The van der Waals surface area contributed by atoms with E-state index in [-0.39, 0.29) is 5.54 Å². The van der Waals surface area contributed by atoms with E-state index in [0.717, 1.165) is 37.9 Å². The Morgan fingerprint density at radius 2 is 1.80 bits per heavy atom. The maximum absolute atomic E-state index is 11.4. The monoisotopic (exact) mass is 296 g/mol. The Bertz CT molecular complexity index is 531. The molecule has 0 saturated heterocycles. The number of rotatable bonds is 6. The van der Waals surface area contributed by atoms with Crippen LogP contribution in [0.3, 0.4) is 0 Å². The Balaban J connectivity index is 1.77. The van der Waals surface area contributed by atoms with Crippen LogP contribution in [0.5, 0.6) is 0 Å². The van der Waals surface area contributed by atoms with Crippen LogP contribution in [0, 0.1) is 0 Å². The zero-order valence-corrected chi connectivity index (χ0v) is 12.9. The van der Waals surface area contributed by atoms with Gasteiger partial charge in [0, 0.05) is 18.3 Å². The average molecular weight is 296 g/mol. The van der Waals surface area contributed by atoms with Crippen LogP contribution in [0.15, 0.2) is 29.2 Å². The first-order valence-corrected chi connectivity index (χ1v) is 9.07. The van der Waals surface area contributed by atoms with Crippen molar-refractivity contribution in [1.82, 2.24) is 5.32 Å². The molecule has 0 radical (unpaired) electrons. The van der Waals surface area contributed by atoms with Crippen molar-refractivity contribution in [3.63, 3.8) is 0 Å². The Morgan fingerprint density at radius 3 is 2.35 bits per heavy atom. The van der Waals surface area contributed by atoms with Crippen LogP contribution in [0.1, 0.15) is 37.7 Å².